The molecule has 0 saturated carbocycles. The van der Waals surface area contributed by atoms with Gasteiger partial charge in [-0.1, -0.05) is 5.21 Å². The van der Waals surface area contributed by atoms with Crippen LogP contribution in [-0.4, -0.2) is 37.9 Å². The van der Waals surface area contributed by atoms with Gasteiger partial charge in [-0.15, -0.1) is 16.4 Å². The zero-order valence-corrected chi connectivity index (χ0v) is 15.2. The summed E-state index contributed by atoms with van der Waals surface area (Å²) in [6.07, 6.45) is -2.83. The van der Waals surface area contributed by atoms with Crippen LogP contribution < -0.4 is 5.32 Å². The van der Waals surface area contributed by atoms with E-state index in [9.17, 15) is 23.4 Å². The average molecular weight is 390 g/mol. The van der Waals surface area contributed by atoms with Crippen molar-refractivity contribution >= 4 is 11.3 Å². The molecule has 2 aromatic heterocycles. The number of nitrogens with one attached hydrogen (secondary N) is 1. The van der Waals surface area contributed by atoms with Crippen LogP contribution in [0.1, 0.15) is 58.8 Å². The molecule has 0 bridgehead atoms. The molecule has 0 radical (unpaired) electrons. The van der Waals surface area contributed by atoms with Crippen molar-refractivity contribution in [3.8, 4) is 0 Å². The first-order valence-corrected chi connectivity index (χ1v) is 9.12. The summed E-state index contributed by atoms with van der Waals surface area (Å²) < 4.78 is 41.1. The average Bonchev–Trinajstić information content (AvgIpc) is 3.19. The summed E-state index contributed by atoms with van der Waals surface area (Å²) in [5, 5.41) is 30.7. The fourth-order valence-corrected chi connectivity index (χ4v) is 4.68. The van der Waals surface area contributed by atoms with E-state index in [1.54, 1.807) is 17.9 Å². The van der Waals surface area contributed by atoms with Gasteiger partial charge < -0.3 is 15.5 Å². The van der Waals surface area contributed by atoms with E-state index in [-0.39, 0.29) is 23.6 Å². The van der Waals surface area contributed by atoms with Crippen molar-refractivity contribution in [2.24, 2.45) is 7.05 Å². The Hall–Kier alpha value is -1.49. The molecule has 3 N–H and O–H groups in total. The molecule has 0 amide bonds. The Bertz CT molecular complexity index is 761. The maximum atomic E-state index is 13.2. The number of nitrogens with zero attached hydrogens (tertiary/aromatic N) is 3. The highest BCUT2D eigenvalue weighted by Gasteiger charge is 2.38. The Kier molecular flexibility index (Phi) is 5.38. The van der Waals surface area contributed by atoms with Crippen LogP contribution in [0.15, 0.2) is 12.3 Å². The number of thiophene rings is 1. The summed E-state index contributed by atoms with van der Waals surface area (Å²) in [5.41, 5.74) is 0.905. The fraction of sp³-hybridized carbons (Fsp3) is 0.625. The van der Waals surface area contributed by atoms with Crippen LogP contribution in [0.5, 0.6) is 0 Å². The van der Waals surface area contributed by atoms with Crippen LogP contribution in [0.4, 0.5) is 13.2 Å². The van der Waals surface area contributed by atoms with Crippen LogP contribution in [0.25, 0.3) is 0 Å². The molecule has 6 nitrogen and oxygen atoms in total. The van der Waals surface area contributed by atoms with Gasteiger partial charge in [0.1, 0.15) is 11.0 Å². The minimum absolute atomic E-state index is 0.0660. The second-order valence-electron chi connectivity index (χ2n) is 6.73. The number of aliphatic hydroxyl groups excluding tert-OH is 2. The predicted octanol–water partition coefficient (Wildman–Crippen LogP) is 2.52. The van der Waals surface area contributed by atoms with E-state index in [1.165, 1.54) is 0 Å². The molecule has 1 fully saturated rings. The molecule has 1 aliphatic rings. The van der Waals surface area contributed by atoms with Gasteiger partial charge in [-0.3, -0.25) is 4.68 Å². The smallest absolute Gasteiger partial charge is 0.393 e. The standard InChI is InChI=1S/C16H21F3N4O2S/c1-8-3-9(4-11(20-8)12-6-23(2)22-21-12)15-10(13(25)7-24)5-14(26-15)16(17,18)19/h5-6,8-9,11,13,20,24-25H,3-4,7H2,1-2H3/t8-,9?,11-,13+/m0/s1. The molecule has 4 atom stereocenters. The van der Waals surface area contributed by atoms with E-state index in [4.69, 9.17) is 0 Å². The Labute approximate surface area is 152 Å². The first-order chi connectivity index (χ1) is 12.2. The van der Waals surface area contributed by atoms with Crippen molar-refractivity contribution in [1.29, 1.82) is 0 Å². The molecule has 1 aliphatic heterocycles. The van der Waals surface area contributed by atoms with Crippen LogP contribution in [0.3, 0.4) is 0 Å². The molecule has 0 spiro atoms. The molecule has 2 aromatic rings. The highest BCUT2D eigenvalue weighted by atomic mass is 32.1. The lowest BCUT2D eigenvalue weighted by Gasteiger charge is -2.34. The number of aryl methyl sites for hydroxylation is 1. The van der Waals surface area contributed by atoms with Gasteiger partial charge in [-0.25, -0.2) is 0 Å². The number of hydrogen-bond donors (Lipinski definition) is 3. The van der Waals surface area contributed by atoms with Crippen LogP contribution >= 0.6 is 11.3 Å². The van der Waals surface area contributed by atoms with Crippen molar-refractivity contribution in [2.45, 2.75) is 50.0 Å². The van der Waals surface area contributed by atoms with Gasteiger partial charge in [0.15, 0.2) is 0 Å². The Morgan fingerprint density at radius 3 is 2.73 bits per heavy atom. The van der Waals surface area contributed by atoms with E-state index in [0.29, 0.717) is 29.1 Å². The maximum Gasteiger partial charge on any atom is 0.425 e. The number of halogens is 3. The van der Waals surface area contributed by atoms with Crippen molar-refractivity contribution in [3.63, 3.8) is 0 Å². The van der Waals surface area contributed by atoms with Crippen molar-refractivity contribution in [3.05, 3.63) is 33.3 Å². The van der Waals surface area contributed by atoms with Gasteiger partial charge in [0.2, 0.25) is 0 Å². The predicted molar refractivity (Wildman–Crippen MR) is 89.7 cm³/mol. The van der Waals surface area contributed by atoms with Gasteiger partial charge >= 0.3 is 6.18 Å². The van der Waals surface area contributed by atoms with Crippen LogP contribution in [-0.2, 0) is 13.2 Å². The largest absolute Gasteiger partial charge is 0.425 e. The third kappa shape index (κ3) is 3.93. The molecule has 0 aliphatic carbocycles. The zero-order valence-electron chi connectivity index (χ0n) is 14.4. The van der Waals surface area contributed by atoms with Gasteiger partial charge in [-0.2, -0.15) is 13.2 Å². The topological polar surface area (TPSA) is 83.2 Å². The van der Waals surface area contributed by atoms with E-state index in [1.807, 2.05) is 6.92 Å². The third-order valence-electron chi connectivity index (χ3n) is 4.59. The lowest BCUT2D eigenvalue weighted by molar-refractivity contribution is -0.134. The summed E-state index contributed by atoms with van der Waals surface area (Å²) in [7, 11) is 1.75. The Morgan fingerprint density at radius 2 is 2.15 bits per heavy atom. The fourth-order valence-electron chi connectivity index (χ4n) is 3.47. The molecule has 10 heteroatoms. The Balaban J connectivity index is 1.94. The number of hydrogen-bond acceptors (Lipinski definition) is 6. The summed E-state index contributed by atoms with van der Waals surface area (Å²) in [6.45, 7) is 1.35. The molecular weight excluding hydrogens is 369 g/mol. The summed E-state index contributed by atoms with van der Waals surface area (Å²) in [4.78, 5) is -0.265. The van der Waals surface area contributed by atoms with Crippen molar-refractivity contribution < 1.29 is 23.4 Å². The third-order valence-corrected chi connectivity index (χ3v) is 5.95. The minimum atomic E-state index is -4.48. The molecule has 26 heavy (non-hydrogen) atoms. The van der Waals surface area contributed by atoms with Gasteiger partial charge in [0.25, 0.3) is 0 Å². The highest BCUT2D eigenvalue weighted by molar-refractivity contribution is 7.12. The molecular formula is C16H21F3N4O2S. The number of rotatable bonds is 4. The minimum Gasteiger partial charge on any atom is -0.393 e. The van der Waals surface area contributed by atoms with Crippen molar-refractivity contribution in [1.82, 2.24) is 20.3 Å². The summed E-state index contributed by atoms with van der Waals surface area (Å²) in [6, 6.07) is 0.898. The Morgan fingerprint density at radius 1 is 1.42 bits per heavy atom. The van der Waals surface area contributed by atoms with Crippen molar-refractivity contribution in [2.75, 3.05) is 6.61 Å². The van der Waals surface area contributed by atoms with Gasteiger partial charge in [-0.05, 0) is 37.3 Å². The first kappa shape index (κ1) is 19.3. The number of aromatic nitrogens is 3. The second-order valence-corrected chi connectivity index (χ2v) is 7.82. The molecule has 144 valence electrons. The lowest BCUT2D eigenvalue weighted by atomic mass is 9.84. The van der Waals surface area contributed by atoms with Crippen LogP contribution in [0, 0.1) is 0 Å². The van der Waals surface area contributed by atoms with Crippen LogP contribution in [0.2, 0.25) is 0 Å². The molecule has 3 heterocycles. The van der Waals surface area contributed by atoms with E-state index >= 15 is 0 Å². The number of piperidine rings is 1. The van der Waals surface area contributed by atoms with Gasteiger partial charge in [0, 0.05) is 24.2 Å². The number of alkyl halides is 3. The SMILES string of the molecule is C[C@H]1CC(c2sc(C(F)(F)F)cc2[C@H](O)CO)C[C@@H](c2cn(C)nn2)N1. The van der Waals surface area contributed by atoms with E-state index in [2.05, 4.69) is 15.6 Å². The van der Waals surface area contributed by atoms with Gasteiger partial charge in [0.05, 0.1) is 18.3 Å². The maximum absolute atomic E-state index is 13.2. The molecule has 3 rings (SSSR count). The first-order valence-electron chi connectivity index (χ1n) is 8.31. The molecule has 0 aromatic carbocycles. The molecule has 1 unspecified atom stereocenters. The molecule has 1 saturated heterocycles. The summed E-state index contributed by atoms with van der Waals surface area (Å²) in [5.74, 6) is -0.171. The van der Waals surface area contributed by atoms with E-state index in [0.717, 1.165) is 11.8 Å². The zero-order chi connectivity index (χ0) is 19.1. The lowest BCUT2D eigenvalue weighted by Crippen LogP contribution is -2.38. The van der Waals surface area contributed by atoms with E-state index < -0.39 is 23.8 Å². The normalized spacial score (nSPS) is 25.4. The number of aliphatic hydroxyl groups is 2. The summed E-state index contributed by atoms with van der Waals surface area (Å²) >= 11 is 0.656. The highest BCUT2D eigenvalue weighted by Crippen LogP contribution is 2.46. The quantitative estimate of drug-likeness (QED) is 0.747. The second kappa shape index (κ2) is 7.26. The monoisotopic (exact) mass is 390 g/mol.